The molecule has 2 atom stereocenters. The van der Waals surface area contributed by atoms with Crippen LogP contribution >= 0.6 is 7.82 Å². The highest BCUT2D eigenvalue weighted by Gasteiger charge is 2.35. The van der Waals surface area contributed by atoms with Gasteiger partial charge < -0.3 is 14.4 Å². The Hall–Kier alpha value is -0.950. The van der Waals surface area contributed by atoms with Gasteiger partial charge in [0, 0.05) is 0 Å². The molecular weight excluding hydrogens is 267 g/mol. The van der Waals surface area contributed by atoms with Gasteiger partial charge in [-0.1, -0.05) is 6.92 Å². The molecule has 0 aliphatic carbocycles. The smallest absolute Gasteiger partial charge is 0.465 e. The summed E-state index contributed by atoms with van der Waals surface area (Å²) in [7, 11) is -4.30. The molecule has 0 spiro atoms. The normalized spacial score (nSPS) is 17.3. The first-order valence-corrected chi connectivity index (χ1v) is 6.67. The molecule has 0 aromatic rings. The van der Waals surface area contributed by atoms with Crippen molar-refractivity contribution in [3.05, 3.63) is 0 Å². The molecule has 0 bridgehead atoms. The number of phosphoric acid groups is 1. The molecule has 0 amide bonds. The van der Waals surface area contributed by atoms with E-state index in [1.807, 2.05) is 0 Å². The molecule has 8 nitrogen and oxygen atoms in total. The van der Waals surface area contributed by atoms with Crippen LogP contribution in [-0.2, 0) is 32.7 Å². The van der Waals surface area contributed by atoms with Gasteiger partial charge in [0.1, 0.15) is 18.8 Å². The fraction of sp³-hybridized carbons (Fsp3) is 0.778. The first kappa shape index (κ1) is 17.1. The Balaban J connectivity index is 4.28. The summed E-state index contributed by atoms with van der Waals surface area (Å²) in [4.78, 5) is 29.3. The number of carbonyl (C=O) groups is 2. The van der Waals surface area contributed by atoms with Crippen LogP contribution in [0.2, 0.25) is 0 Å². The molecule has 0 aliphatic heterocycles. The largest absolute Gasteiger partial charge is 0.472 e. The zero-order valence-electron chi connectivity index (χ0n) is 10.2. The summed E-state index contributed by atoms with van der Waals surface area (Å²) in [6.07, 6.45) is 0.333. The third-order valence-corrected chi connectivity index (χ3v) is 3.24. The zero-order valence-corrected chi connectivity index (χ0v) is 11.1. The topological polar surface area (TPSA) is 108 Å². The Labute approximate surface area is 105 Å². The molecule has 1 N–H and O–H groups in total. The van der Waals surface area contributed by atoms with Gasteiger partial charge in [0.05, 0.1) is 6.61 Å². The first-order chi connectivity index (χ1) is 8.39. The number of carbonyl (C=O) groups excluding carboxylic acids is 2. The fourth-order valence-electron chi connectivity index (χ4n) is 0.957. The molecule has 0 fully saturated rings. The Morgan fingerprint density at radius 2 is 1.83 bits per heavy atom. The van der Waals surface area contributed by atoms with E-state index < -0.39 is 13.4 Å². The number of ether oxygens (including phenoxy) is 2. The minimum absolute atomic E-state index is 0.162. The molecule has 18 heavy (non-hydrogen) atoms. The molecule has 106 valence electrons. The zero-order chi connectivity index (χ0) is 14.1. The van der Waals surface area contributed by atoms with E-state index in [2.05, 4.69) is 14.0 Å². The Morgan fingerprint density at radius 3 is 2.33 bits per heavy atom. The molecule has 0 radical (unpaired) electrons. The molecule has 9 heteroatoms. The molecule has 0 saturated heterocycles. The van der Waals surface area contributed by atoms with Crippen molar-refractivity contribution >= 4 is 20.8 Å². The monoisotopic (exact) mass is 284 g/mol. The van der Waals surface area contributed by atoms with Crippen molar-refractivity contribution in [3.63, 3.8) is 0 Å². The predicted molar refractivity (Wildman–Crippen MR) is 59.6 cm³/mol. The Kier molecular flexibility index (Phi) is 7.77. The maximum absolute atomic E-state index is 11.5. The molecule has 0 rings (SSSR count). The fourth-order valence-corrected chi connectivity index (χ4v) is 2.05. The summed E-state index contributed by atoms with van der Waals surface area (Å²) in [6.45, 7) is 3.00. The summed E-state index contributed by atoms with van der Waals surface area (Å²) in [6, 6.07) is 0. The quantitative estimate of drug-likeness (QED) is 0.334. The van der Waals surface area contributed by atoms with Gasteiger partial charge in [-0.3, -0.25) is 18.6 Å². The second kappa shape index (κ2) is 8.20. The van der Waals surface area contributed by atoms with Crippen molar-refractivity contribution in [1.29, 1.82) is 0 Å². The van der Waals surface area contributed by atoms with Crippen LogP contribution in [0.15, 0.2) is 0 Å². The lowest BCUT2D eigenvalue weighted by atomic mass is 10.1. The highest BCUT2D eigenvalue weighted by Crippen LogP contribution is 2.47. The summed E-state index contributed by atoms with van der Waals surface area (Å²) >= 11 is 0. The third kappa shape index (κ3) is 7.39. The predicted octanol–water partition coefficient (Wildman–Crippen LogP) is 0.635. The maximum Gasteiger partial charge on any atom is 0.472 e. The minimum Gasteiger partial charge on any atom is -0.465 e. The van der Waals surface area contributed by atoms with E-state index >= 15 is 0 Å². The molecule has 0 aromatic heterocycles. The van der Waals surface area contributed by atoms with Gasteiger partial charge in [0.2, 0.25) is 0 Å². The number of hydrogen-bond acceptors (Lipinski definition) is 7. The van der Waals surface area contributed by atoms with Gasteiger partial charge in [0.25, 0.3) is 12.9 Å². The van der Waals surface area contributed by atoms with E-state index in [9.17, 15) is 19.0 Å². The average Bonchev–Trinajstić information content (AvgIpc) is 2.32. The lowest BCUT2D eigenvalue weighted by Gasteiger charge is -2.28. The van der Waals surface area contributed by atoms with Crippen LogP contribution in [0, 0.1) is 0 Å². The van der Waals surface area contributed by atoms with Crippen molar-refractivity contribution in [3.8, 4) is 0 Å². The summed E-state index contributed by atoms with van der Waals surface area (Å²) in [5.41, 5.74) is -1.13. The summed E-state index contributed by atoms with van der Waals surface area (Å²) in [5.74, 6) is 0. The molecule has 0 saturated carbocycles. The van der Waals surface area contributed by atoms with Crippen LogP contribution in [0.3, 0.4) is 0 Å². The van der Waals surface area contributed by atoms with E-state index in [4.69, 9.17) is 4.52 Å². The molecule has 0 aliphatic rings. The van der Waals surface area contributed by atoms with Gasteiger partial charge >= 0.3 is 7.82 Å². The number of phosphoric ester groups is 1. The van der Waals surface area contributed by atoms with Crippen LogP contribution in [0.5, 0.6) is 0 Å². The van der Waals surface area contributed by atoms with Gasteiger partial charge in [-0.2, -0.15) is 0 Å². The van der Waals surface area contributed by atoms with Gasteiger partial charge in [-0.15, -0.1) is 0 Å². The van der Waals surface area contributed by atoms with Crippen LogP contribution in [0.1, 0.15) is 20.3 Å². The van der Waals surface area contributed by atoms with E-state index in [0.717, 1.165) is 0 Å². The molecule has 0 aromatic carbocycles. The number of hydrogen-bond donors (Lipinski definition) is 1. The lowest BCUT2D eigenvalue weighted by Crippen LogP contribution is -2.33. The van der Waals surface area contributed by atoms with Crippen molar-refractivity contribution in [2.24, 2.45) is 0 Å². The van der Waals surface area contributed by atoms with Crippen LogP contribution in [0.25, 0.3) is 0 Å². The van der Waals surface area contributed by atoms with Crippen LogP contribution < -0.4 is 0 Å². The van der Waals surface area contributed by atoms with Gasteiger partial charge in [-0.05, 0) is 13.3 Å². The van der Waals surface area contributed by atoms with Crippen molar-refractivity contribution in [1.82, 2.24) is 0 Å². The second-order valence-electron chi connectivity index (χ2n) is 3.57. The highest BCUT2D eigenvalue weighted by molar-refractivity contribution is 7.47. The van der Waals surface area contributed by atoms with Crippen molar-refractivity contribution in [2.75, 3.05) is 19.8 Å². The van der Waals surface area contributed by atoms with Crippen LogP contribution in [0.4, 0.5) is 0 Å². The van der Waals surface area contributed by atoms with Gasteiger partial charge in [-0.25, -0.2) is 4.57 Å². The second-order valence-corrected chi connectivity index (χ2v) is 4.95. The average molecular weight is 284 g/mol. The summed E-state index contributed by atoms with van der Waals surface area (Å²) < 4.78 is 29.8. The lowest BCUT2D eigenvalue weighted by molar-refractivity contribution is -0.135. The molecular formula is C9H17O8P. The SMILES string of the molecule is CCC(C)(COC=O)OP(=O)(O)OCCOC=O. The molecule has 0 heterocycles. The highest BCUT2D eigenvalue weighted by atomic mass is 31.2. The Morgan fingerprint density at radius 1 is 1.22 bits per heavy atom. The van der Waals surface area contributed by atoms with Crippen molar-refractivity contribution in [2.45, 2.75) is 25.9 Å². The third-order valence-electron chi connectivity index (χ3n) is 2.06. The minimum atomic E-state index is -4.30. The van der Waals surface area contributed by atoms with E-state index in [0.29, 0.717) is 6.42 Å². The molecule has 2 unspecified atom stereocenters. The van der Waals surface area contributed by atoms with E-state index in [1.165, 1.54) is 6.92 Å². The maximum atomic E-state index is 11.5. The summed E-state index contributed by atoms with van der Waals surface area (Å²) in [5, 5.41) is 0. The standard InChI is InChI=1S/C9H17O8P/c1-3-9(2,6-15-8-11)17-18(12,13)16-5-4-14-7-10/h7-8H,3-6H2,1-2H3,(H,12,13). The van der Waals surface area contributed by atoms with Crippen LogP contribution in [-0.4, -0.2) is 43.3 Å². The first-order valence-electron chi connectivity index (χ1n) is 5.17. The van der Waals surface area contributed by atoms with E-state index in [-0.39, 0.29) is 32.8 Å². The number of rotatable bonds is 11. The van der Waals surface area contributed by atoms with E-state index in [1.54, 1.807) is 6.92 Å². The Bertz CT molecular complexity index is 307. The van der Waals surface area contributed by atoms with Crippen molar-refractivity contribution < 1.29 is 37.6 Å². The van der Waals surface area contributed by atoms with Gasteiger partial charge in [0.15, 0.2) is 0 Å².